The third-order valence-electron chi connectivity index (χ3n) is 12.6. The lowest BCUT2D eigenvalue weighted by Crippen LogP contribution is -2.57. The van der Waals surface area contributed by atoms with Crippen LogP contribution in [0.5, 0.6) is 0 Å². The molecule has 4 aromatic rings. The number of rotatable bonds is 16. The van der Waals surface area contributed by atoms with E-state index >= 15 is 0 Å². The van der Waals surface area contributed by atoms with Crippen LogP contribution in [0.3, 0.4) is 0 Å². The summed E-state index contributed by atoms with van der Waals surface area (Å²) in [6, 6.07) is 41.8. The first-order valence-corrected chi connectivity index (χ1v) is 19.0. The number of hydrogen-bond donors (Lipinski definition) is 2. The molecule has 0 aliphatic heterocycles. The summed E-state index contributed by atoms with van der Waals surface area (Å²) in [5, 5.41) is 0. The van der Waals surface area contributed by atoms with Gasteiger partial charge in [0.15, 0.2) is 0 Å². The summed E-state index contributed by atoms with van der Waals surface area (Å²) in [5.74, 6) is -0.567. The van der Waals surface area contributed by atoms with Crippen molar-refractivity contribution in [2.24, 2.45) is 11.5 Å². The van der Waals surface area contributed by atoms with Crippen LogP contribution in [0.1, 0.15) is 90.5 Å². The molecule has 0 aliphatic rings. The molecular weight excluding hydrogens is 641 g/mol. The highest BCUT2D eigenvalue weighted by Crippen LogP contribution is 2.39. The first-order chi connectivity index (χ1) is 24.5. The Labute approximate surface area is 315 Å². The van der Waals surface area contributed by atoms with Crippen molar-refractivity contribution in [1.29, 1.82) is 0 Å². The van der Waals surface area contributed by atoms with Crippen LogP contribution < -0.4 is 11.5 Å². The number of primary amides is 2. The van der Waals surface area contributed by atoms with E-state index in [4.69, 9.17) is 11.5 Å². The van der Waals surface area contributed by atoms with Gasteiger partial charge in [-0.15, -0.1) is 0 Å². The third kappa shape index (κ3) is 8.85. The molecule has 4 N–H and O–H groups in total. The van der Waals surface area contributed by atoms with Crippen LogP contribution >= 0.6 is 0 Å². The van der Waals surface area contributed by atoms with E-state index in [0.29, 0.717) is 37.0 Å². The number of hydrogen-bond acceptors (Lipinski definition) is 2. The Hall–Kier alpha value is -4.26. The minimum atomic E-state index is -0.814. The number of nitrogens with zero attached hydrogens (tertiary/aromatic N) is 2. The van der Waals surface area contributed by atoms with Crippen molar-refractivity contribution in [2.75, 3.05) is 27.2 Å². The van der Waals surface area contributed by atoms with Gasteiger partial charge in [-0.3, -0.25) is 9.59 Å². The second-order valence-corrected chi connectivity index (χ2v) is 16.0. The summed E-state index contributed by atoms with van der Waals surface area (Å²) < 4.78 is 1.80. The average molecular weight is 707 g/mol. The highest BCUT2D eigenvalue weighted by atomic mass is 16.1. The molecule has 0 bridgehead atoms. The largest absolute Gasteiger partial charge is 0.369 e. The maximum absolute atomic E-state index is 12.9. The van der Waals surface area contributed by atoms with Crippen LogP contribution in [0.15, 0.2) is 121 Å². The molecule has 4 aromatic carbocycles. The van der Waals surface area contributed by atoms with Crippen molar-refractivity contribution in [1.82, 2.24) is 0 Å². The molecule has 52 heavy (non-hydrogen) atoms. The van der Waals surface area contributed by atoms with E-state index in [2.05, 4.69) is 69.5 Å². The predicted molar refractivity (Wildman–Crippen MR) is 218 cm³/mol. The topological polar surface area (TPSA) is 86.2 Å². The van der Waals surface area contributed by atoms with Gasteiger partial charge in [-0.2, -0.15) is 0 Å². The Kier molecular flexibility index (Phi) is 14.6. The lowest BCUT2D eigenvalue weighted by Gasteiger charge is -2.45. The number of amides is 2. The smallest absolute Gasteiger partial charge is 0.232 e. The molecule has 6 heteroatoms. The first kappa shape index (κ1) is 42.2. The normalized spacial score (nSPS) is 12.6. The van der Waals surface area contributed by atoms with Gasteiger partial charge < -0.3 is 20.4 Å². The molecule has 0 heterocycles. The predicted octanol–water partition coefficient (Wildman–Crippen LogP) is 8.22. The van der Waals surface area contributed by atoms with Gasteiger partial charge in [0, 0.05) is 12.8 Å². The number of nitrogens with two attached hydrogens (primary N) is 2. The fraction of sp³-hybridized carbons (Fsp3) is 0.435. The zero-order valence-electron chi connectivity index (χ0n) is 33.6. The van der Waals surface area contributed by atoms with Gasteiger partial charge in [0.1, 0.15) is 10.8 Å². The van der Waals surface area contributed by atoms with E-state index in [-0.39, 0.29) is 11.8 Å². The quantitative estimate of drug-likeness (QED) is 0.115. The van der Waals surface area contributed by atoms with Crippen LogP contribution in [0.4, 0.5) is 0 Å². The molecule has 2 amide bonds. The highest BCUT2D eigenvalue weighted by molar-refractivity contribution is 5.91. The Morgan fingerprint density at radius 3 is 0.788 bits per heavy atom. The molecular formula is C46H66N4O2+2. The zero-order valence-corrected chi connectivity index (χ0v) is 33.6. The summed E-state index contributed by atoms with van der Waals surface area (Å²) >= 11 is 0. The Balaban J connectivity index is 0.000000280. The van der Waals surface area contributed by atoms with Crippen LogP contribution in [0, 0.1) is 0 Å². The van der Waals surface area contributed by atoms with E-state index in [0.717, 1.165) is 44.3 Å². The van der Waals surface area contributed by atoms with Crippen molar-refractivity contribution in [2.45, 2.75) is 103 Å². The highest BCUT2D eigenvalue weighted by Gasteiger charge is 2.45. The fourth-order valence-corrected chi connectivity index (χ4v) is 7.66. The van der Waals surface area contributed by atoms with Crippen LogP contribution in [0.25, 0.3) is 0 Å². The summed E-state index contributed by atoms with van der Waals surface area (Å²) in [5.41, 5.74) is 14.4. The molecule has 6 nitrogen and oxygen atoms in total. The number of benzene rings is 4. The lowest BCUT2D eigenvalue weighted by molar-refractivity contribution is -0.949. The molecule has 0 saturated heterocycles. The Morgan fingerprint density at radius 1 is 0.442 bits per heavy atom. The Bertz CT molecular complexity index is 1450. The molecule has 0 aliphatic carbocycles. The van der Waals surface area contributed by atoms with Crippen LogP contribution in [-0.4, -0.2) is 72.1 Å². The van der Waals surface area contributed by atoms with E-state index < -0.39 is 10.8 Å². The molecule has 0 aromatic heterocycles. The summed E-state index contributed by atoms with van der Waals surface area (Å²) in [6.07, 6.45) is 1.37. The van der Waals surface area contributed by atoms with Crippen LogP contribution in [-0.2, 0) is 20.4 Å². The van der Waals surface area contributed by atoms with Gasteiger partial charge in [-0.05, 0) is 77.6 Å². The van der Waals surface area contributed by atoms with Crippen molar-refractivity contribution < 1.29 is 18.6 Å². The number of carbonyl (C=O) groups is 2. The fourth-order valence-electron chi connectivity index (χ4n) is 7.66. The summed E-state index contributed by atoms with van der Waals surface area (Å²) in [7, 11) is 4.55. The number of carbonyl (C=O) groups excluding carboxylic acids is 2. The van der Waals surface area contributed by atoms with Crippen molar-refractivity contribution in [3.63, 3.8) is 0 Å². The molecule has 0 fully saturated rings. The molecule has 280 valence electrons. The van der Waals surface area contributed by atoms with Crippen molar-refractivity contribution in [3.05, 3.63) is 144 Å². The van der Waals surface area contributed by atoms with E-state index in [9.17, 15) is 9.59 Å². The van der Waals surface area contributed by atoms with E-state index in [1.165, 1.54) is 0 Å². The maximum Gasteiger partial charge on any atom is 0.232 e. The van der Waals surface area contributed by atoms with Crippen LogP contribution in [0.2, 0.25) is 0 Å². The van der Waals surface area contributed by atoms with Gasteiger partial charge in [0.2, 0.25) is 11.8 Å². The third-order valence-corrected chi connectivity index (χ3v) is 12.6. The lowest BCUT2D eigenvalue weighted by atomic mass is 9.71. The van der Waals surface area contributed by atoms with Crippen molar-refractivity contribution in [3.8, 4) is 0 Å². The number of quaternary nitrogens is 2. The SMILES string of the molecule is CC(C)[N+](C)(CCC(C(N)=O)(c1ccccc1)c1ccccc1)C(C)C.CC(C)[N+](C)(CCC(C(N)=O)(c1ccccc1)c1ccccc1)C(C)C. The second-order valence-electron chi connectivity index (χ2n) is 16.0. The minimum absolute atomic E-state index is 0.283. The Morgan fingerprint density at radius 2 is 0.635 bits per heavy atom. The van der Waals surface area contributed by atoms with Gasteiger partial charge in [-0.25, -0.2) is 0 Å². The summed E-state index contributed by atoms with van der Waals surface area (Å²) in [6.45, 7) is 19.7. The van der Waals surface area contributed by atoms with Gasteiger partial charge >= 0.3 is 0 Å². The van der Waals surface area contributed by atoms with Crippen molar-refractivity contribution >= 4 is 11.8 Å². The van der Waals surface area contributed by atoms with Gasteiger partial charge in [-0.1, -0.05) is 121 Å². The molecule has 0 unspecified atom stereocenters. The standard InChI is InChI=1S/2C23H32N2O/c2*1-18(2)25(5,19(3)4)17-16-23(22(24)26,20-12-8-6-9-13-20)21-14-10-7-11-15-21/h2*6-15,18-19H,16-17H2,1-5H3,(H-,24,26)/p+2. The molecule has 0 saturated carbocycles. The monoisotopic (exact) mass is 707 g/mol. The van der Waals surface area contributed by atoms with E-state index in [1.807, 2.05) is 121 Å². The molecule has 4 rings (SSSR count). The van der Waals surface area contributed by atoms with E-state index in [1.54, 1.807) is 0 Å². The first-order valence-electron chi connectivity index (χ1n) is 19.0. The van der Waals surface area contributed by atoms with Gasteiger partial charge in [0.05, 0.1) is 51.4 Å². The molecule has 0 spiro atoms. The molecule has 0 radical (unpaired) electrons. The average Bonchev–Trinajstić information content (AvgIpc) is 3.13. The second kappa shape index (κ2) is 18.0. The maximum atomic E-state index is 12.9. The summed E-state index contributed by atoms with van der Waals surface area (Å²) in [4.78, 5) is 25.8. The molecule has 0 atom stereocenters. The minimum Gasteiger partial charge on any atom is -0.369 e. The van der Waals surface area contributed by atoms with Gasteiger partial charge in [0.25, 0.3) is 0 Å². The zero-order chi connectivity index (χ0) is 38.7.